The van der Waals surface area contributed by atoms with Crippen LogP contribution in [0.15, 0.2) is 16.5 Å². The molecule has 8 heteroatoms. The normalized spacial score (nSPS) is 26.9. The van der Waals surface area contributed by atoms with Gasteiger partial charge in [-0.15, -0.1) is 0 Å². The largest absolute Gasteiger partial charge is 0.480 e. The summed E-state index contributed by atoms with van der Waals surface area (Å²) in [6.45, 7) is 5.59. The summed E-state index contributed by atoms with van der Waals surface area (Å²) in [7, 11) is 0. The van der Waals surface area contributed by atoms with Gasteiger partial charge in [0.05, 0.1) is 32.3 Å². The van der Waals surface area contributed by atoms with E-state index >= 15 is 0 Å². The molecule has 1 amide bonds. The van der Waals surface area contributed by atoms with E-state index in [2.05, 4.69) is 4.90 Å². The van der Waals surface area contributed by atoms with Gasteiger partial charge in [-0.05, 0) is 38.1 Å². The Hall–Kier alpha value is -1.90. The molecule has 4 rings (SSSR count). The molecule has 0 unspecified atom stereocenters. The SMILES string of the molecule is O=C(O)CN1C[C@@H]2COC[C@H](C1)N(C(=O)c1ccc(CN3CCCC3)o1)C2. The fourth-order valence-electron chi connectivity index (χ4n) is 4.39. The summed E-state index contributed by atoms with van der Waals surface area (Å²) < 4.78 is 11.6. The van der Waals surface area contributed by atoms with Crippen LogP contribution in [0.4, 0.5) is 0 Å². The van der Waals surface area contributed by atoms with Crippen LogP contribution in [-0.4, -0.2) is 90.2 Å². The van der Waals surface area contributed by atoms with Crippen LogP contribution >= 0.6 is 0 Å². The number of furan rings is 1. The topological polar surface area (TPSA) is 86.5 Å². The number of fused-ring (bicyclic) bond motifs is 3. The molecule has 148 valence electrons. The van der Waals surface area contributed by atoms with E-state index in [9.17, 15) is 9.59 Å². The Bertz CT molecular complexity index is 685. The van der Waals surface area contributed by atoms with Crippen molar-refractivity contribution in [2.24, 2.45) is 5.92 Å². The van der Waals surface area contributed by atoms with Crippen molar-refractivity contribution >= 4 is 11.9 Å². The van der Waals surface area contributed by atoms with Crippen molar-refractivity contribution in [3.05, 3.63) is 23.7 Å². The van der Waals surface area contributed by atoms with Crippen LogP contribution in [0.25, 0.3) is 0 Å². The van der Waals surface area contributed by atoms with Gasteiger partial charge in [-0.2, -0.15) is 0 Å². The molecule has 0 radical (unpaired) electrons. The molecular weight excluding hydrogens is 350 g/mol. The molecular formula is C19H27N3O5. The Morgan fingerprint density at radius 3 is 2.67 bits per heavy atom. The number of ether oxygens (including phenoxy) is 1. The Balaban J connectivity index is 1.46. The number of hydrogen-bond donors (Lipinski definition) is 1. The predicted molar refractivity (Wildman–Crippen MR) is 96.4 cm³/mol. The van der Waals surface area contributed by atoms with Gasteiger partial charge in [0.1, 0.15) is 5.76 Å². The van der Waals surface area contributed by atoms with Crippen LogP contribution in [0.2, 0.25) is 0 Å². The zero-order valence-electron chi connectivity index (χ0n) is 15.5. The third kappa shape index (κ3) is 4.34. The highest BCUT2D eigenvalue weighted by molar-refractivity contribution is 5.92. The first-order valence-corrected chi connectivity index (χ1v) is 9.72. The minimum absolute atomic E-state index is 0.00420. The third-order valence-electron chi connectivity index (χ3n) is 5.62. The van der Waals surface area contributed by atoms with Crippen LogP contribution in [0.1, 0.15) is 29.2 Å². The summed E-state index contributed by atoms with van der Waals surface area (Å²) in [5, 5.41) is 9.12. The van der Waals surface area contributed by atoms with Crippen molar-refractivity contribution in [3.63, 3.8) is 0 Å². The molecule has 1 aromatic heterocycles. The zero-order chi connectivity index (χ0) is 18.8. The summed E-state index contributed by atoms with van der Waals surface area (Å²) in [5.41, 5.74) is 0. The van der Waals surface area contributed by atoms with Gasteiger partial charge in [-0.1, -0.05) is 0 Å². The van der Waals surface area contributed by atoms with Crippen LogP contribution in [0.5, 0.6) is 0 Å². The number of amides is 1. The van der Waals surface area contributed by atoms with E-state index in [-0.39, 0.29) is 24.4 Å². The minimum atomic E-state index is -0.841. The molecule has 0 spiro atoms. The van der Waals surface area contributed by atoms with Gasteiger partial charge in [0.15, 0.2) is 5.76 Å². The number of carbonyl (C=O) groups excluding carboxylic acids is 1. The number of rotatable bonds is 5. The number of likely N-dealkylation sites (tertiary alicyclic amines) is 1. The molecule has 1 aromatic rings. The summed E-state index contributed by atoms with van der Waals surface area (Å²) in [6, 6.07) is 3.50. The third-order valence-corrected chi connectivity index (χ3v) is 5.62. The van der Waals surface area contributed by atoms with Gasteiger partial charge >= 0.3 is 5.97 Å². The van der Waals surface area contributed by atoms with Crippen LogP contribution in [0, 0.1) is 5.92 Å². The van der Waals surface area contributed by atoms with E-state index in [4.69, 9.17) is 14.3 Å². The number of hydrogen-bond acceptors (Lipinski definition) is 6. The predicted octanol–water partition coefficient (Wildman–Crippen LogP) is 0.733. The Morgan fingerprint density at radius 2 is 1.89 bits per heavy atom. The van der Waals surface area contributed by atoms with Gasteiger partial charge in [0, 0.05) is 25.6 Å². The first-order chi connectivity index (χ1) is 13.1. The molecule has 27 heavy (non-hydrogen) atoms. The summed E-state index contributed by atoms with van der Waals surface area (Å²) in [6.07, 6.45) is 2.44. The number of carboxylic acids is 1. The van der Waals surface area contributed by atoms with Crippen molar-refractivity contribution in [2.75, 3.05) is 52.5 Å². The summed E-state index contributed by atoms with van der Waals surface area (Å²) in [5.74, 6) is 0.329. The fourth-order valence-corrected chi connectivity index (χ4v) is 4.39. The van der Waals surface area contributed by atoms with Gasteiger partial charge in [-0.25, -0.2) is 0 Å². The van der Waals surface area contributed by atoms with E-state index in [0.29, 0.717) is 38.6 Å². The molecule has 0 aromatic carbocycles. The molecule has 3 saturated heterocycles. The lowest BCUT2D eigenvalue weighted by Gasteiger charge is -2.30. The molecule has 2 bridgehead atoms. The van der Waals surface area contributed by atoms with E-state index in [0.717, 1.165) is 25.4 Å². The summed E-state index contributed by atoms with van der Waals surface area (Å²) in [4.78, 5) is 30.3. The smallest absolute Gasteiger partial charge is 0.317 e. The first kappa shape index (κ1) is 18.5. The molecule has 4 heterocycles. The Labute approximate surface area is 158 Å². The maximum Gasteiger partial charge on any atom is 0.317 e. The highest BCUT2D eigenvalue weighted by Gasteiger charge is 2.37. The quantitative estimate of drug-likeness (QED) is 0.810. The van der Waals surface area contributed by atoms with Gasteiger partial charge in [-0.3, -0.25) is 19.4 Å². The van der Waals surface area contributed by atoms with Crippen molar-refractivity contribution in [1.82, 2.24) is 14.7 Å². The number of carbonyl (C=O) groups is 2. The first-order valence-electron chi connectivity index (χ1n) is 9.72. The molecule has 3 aliphatic heterocycles. The number of nitrogens with zero attached hydrogens (tertiary/aromatic N) is 3. The number of aliphatic carboxylic acids is 1. The molecule has 2 atom stereocenters. The van der Waals surface area contributed by atoms with E-state index in [1.54, 1.807) is 6.07 Å². The second-order valence-electron chi connectivity index (χ2n) is 7.85. The lowest BCUT2D eigenvalue weighted by Crippen LogP contribution is -2.47. The summed E-state index contributed by atoms with van der Waals surface area (Å²) >= 11 is 0. The molecule has 0 saturated carbocycles. The van der Waals surface area contributed by atoms with Crippen molar-refractivity contribution in [1.29, 1.82) is 0 Å². The fraction of sp³-hybridized carbons (Fsp3) is 0.684. The monoisotopic (exact) mass is 377 g/mol. The number of carboxylic acid groups (broad SMARTS) is 1. The van der Waals surface area contributed by atoms with Crippen molar-refractivity contribution < 1.29 is 23.8 Å². The average Bonchev–Trinajstić information content (AvgIpc) is 3.20. The van der Waals surface area contributed by atoms with E-state index < -0.39 is 5.97 Å². The molecule has 3 aliphatic rings. The van der Waals surface area contributed by atoms with Crippen LogP contribution in [0.3, 0.4) is 0 Å². The maximum atomic E-state index is 13.1. The van der Waals surface area contributed by atoms with Crippen LogP contribution in [-0.2, 0) is 16.1 Å². The van der Waals surface area contributed by atoms with E-state index in [1.165, 1.54) is 12.8 Å². The second kappa shape index (κ2) is 8.00. The molecule has 8 nitrogen and oxygen atoms in total. The standard InChI is InChI=1S/C19H27N3O5/c23-18(24)11-21-7-14-8-22(15(9-21)13-26-12-14)19(25)17-4-3-16(27-17)10-20-5-1-2-6-20/h3-4,14-15H,1-2,5-13H2,(H,23,24)/t14-,15-/m0/s1. The molecule has 3 fully saturated rings. The van der Waals surface area contributed by atoms with E-state index in [1.807, 2.05) is 15.9 Å². The molecule has 0 aliphatic carbocycles. The van der Waals surface area contributed by atoms with Crippen LogP contribution < -0.4 is 0 Å². The van der Waals surface area contributed by atoms with Crippen molar-refractivity contribution in [2.45, 2.75) is 25.4 Å². The lowest BCUT2D eigenvalue weighted by molar-refractivity contribution is -0.138. The minimum Gasteiger partial charge on any atom is -0.480 e. The van der Waals surface area contributed by atoms with Gasteiger partial charge in [0.2, 0.25) is 0 Å². The molecule has 1 N–H and O–H groups in total. The highest BCUT2D eigenvalue weighted by Crippen LogP contribution is 2.23. The average molecular weight is 377 g/mol. The highest BCUT2D eigenvalue weighted by atomic mass is 16.5. The zero-order valence-corrected chi connectivity index (χ0v) is 15.5. The van der Waals surface area contributed by atoms with Gasteiger partial charge in [0.25, 0.3) is 5.91 Å². The van der Waals surface area contributed by atoms with Gasteiger partial charge < -0.3 is 19.2 Å². The maximum absolute atomic E-state index is 13.1. The Morgan fingerprint density at radius 1 is 1.07 bits per heavy atom. The Kier molecular flexibility index (Phi) is 5.47. The van der Waals surface area contributed by atoms with Crippen molar-refractivity contribution in [3.8, 4) is 0 Å². The lowest BCUT2D eigenvalue weighted by atomic mass is 10.1. The second-order valence-corrected chi connectivity index (χ2v) is 7.85.